The molecule has 2 aromatic rings. The maximum Gasteiger partial charge on any atom is 0.250 e. The van der Waals surface area contributed by atoms with E-state index in [1.54, 1.807) is 14.0 Å². The minimum Gasteiger partial charge on any atom is -0.354 e. The highest BCUT2D eigenvalue weighted by atomic mass is 32.2. The van der Waals surface area contributed by atoms with Crippen molar-refractivity contribution in [2.24, 2.45) is 0 Å². The molecule has 1 aliphatic rings. The predicted molar refractivity (Wildman–Crippen MR) is 123 cm³/mol. The highest BCUT2D eigenvalue weighted by Crippen LogP contribution is 2.34. The number of nitrogens with zero attached hydrogens (tertiary/aromatic N) is 1. The Kier molecular flexibility index (Phi) is 8.08. The number of likely N-dealkylation sites (N-methyl/N-ethyl adjacent to an activating group) is 1. The van der Waals surface area contributed by atoms with Crippen molar-refractivity contribution in [3.05, 3.63) is 60.2 Å². The van der Waals surface area contributed by atoms with Gasteiger partial charge in [-0.15, -0.1) is 11.8 Å². The lowest BCUT2D eigenvalue weighted by atomic mass is 10.1. The van der Waals surface area contributed by atoms with E-state index in [0.717, 1.165) is 10.5 Å². The molecule has 164 valence electrons. The number of nitrogens with one attached hydrogen (secondary N) is 3. The molecule has 0 saturated carbocycles. The van der Waals surface area contributed by atoms with E-state index in [4.69, 9.17) is 0 Å². The summed E-state index contributed by atoms with van der Waals surface area (Å²) in [5, 5.41) is 8.59. The number of carbonyl (C=O) groups excluding carboxylic acids is 3. The normalized spacial score (nSPS) is 16.8. The number of thioether (sulfide) groups is 1. The van der Waals surface area contributed by atoms with E-state index >= 15 is 0 Å². The Morgan fingerprint density at radius 3 is 2.58 bits per heavy atom. The van der Waals surface area contributed by atoms with Crippen LogP contribution >= 0.6 is 11.8 Å². The molecule has 0 spiro atoms. The highest BCUT2D eigenvalue weighted by molar-refractivity contribution is 7.99. The molecule has 1 aliphatic heterocycles. The van der Waals surface area contributed by atoms with Gasteiger partial charge in [-0.2, -0.15) is 0 Å². The fourth-order valence-electron chi connectivity index (χ4n) is 3.24. The molecule has 2 aromatic carbocycles. The Morgan fingerprint density at radius 2 is 1.84 bits per heavy atom. The molecule has 0 radical (unpaired) electrons. The fraction of sp³-hybridized carbons (Fsp3) is 0.348. The molecule has 7 nitrogen and oxygen atoms in total. The Morgan fingerprint density at radius 1 is 1.13 bits per heavy atom. The van der Waals surface area contributed by atoms with Gasteiger partial charge in [-0.05, 0) is 38.1 Å². The second-order valence-electron chi connectivity index (χ2n) is 7.36. The molecule has 3 amide bonds. The first-order valence-electron chi connectivity index (χ1n) is 10.3. The molecule has 0 fully saturated rings. The maximum atomic E-state index is 13.3. The molecular weight excluding hydrogens is 412 g/mol. The van der Waals surface area contributed by atoms with Gasteiger partial charge in [0.25, 0.3) is 5.91 Å². The molecule has 8 heteroatoms. The largest absolute Gasteiger partial charge is 0.354 e. The summed E-state index contributed by atoms with van der Waals surface area (Å²) in [7, 11) is 1.69. The van der Waals surface area contributed by atoms with Crippen LogP contribution in [0.4, 0.5) is 5.69 Å². The molecule has 0 bridgehead atoms. The van der Waals surface area contributed by atoms with Crippen molar-refractivity contribution in [2.45, 2.75) is 30.3 Å². The number of carbonyl (C=O) groups is 3. The second kappa shape index (κ2) is 11.0. The van der Waals surface area contributed by atoms with Crippen LogP contribution < -0.4 is 20.9 Å². The average molecular weight is 441 g/mol. The Hall–Kier alpha value is -2.84. The van der Waals surface area contributed by atoms with Gasteiger partial charge in [-0.25, -0.2) is 0 Å². The lowest BCUT2D eigenvalue weighted by Gasteiger charge is -2.26. The van der Waals surface area contributed by atoms with Crippen molar-refractivity contribution in [1.82, 2.24) is 16.0 Å². The van der Waals surface area contributed by atoms with Crippen molar-refractivity contribution in [1.29, 1.82) is 0 Å². The molecular formula is C23H28N4O3S. The molecule has 2 atom stereocenters. The summed E-state index contributed by atoms with van der Waals surface area (Å²) in [5.41, 5.74) is 1.82. The minimum absolute atomic E-state index is 0.0981. The van der Waals surface area contributed by atoms with Crippen LogP contribution in [0.25, 0.3) is 0 Å². The third kappa shape index (κ3) is 6.08. The summed E-state index contributed by atoms with van der Waals surface area (Å²) in [4.78, 5) is 40.7. The third-order valence-electron chi connectivity index (χ3n) is 5.15. The Bertz CT molecular complexity index is 922. The smallest absolute Gasteiger partial charge is 0.250 e. The summed E-state index contributed by atoms with van der Waals surface area (Å²) in [6.45, 7) is 2.12. The van der Waals surface area contributed by atoms with E-state index < -0.39 is 12.1 Å². The topological polar surface area (TPSA) is 90.5 Å². The number of amides is 3. The fourth-order valence-corrected chi connectivity index (χ4v) is 4.31. The summed E-state index contributed by atoms with van der Waals surface area (Å²) in [6, 6.07) is 16.3. The number of rotatable bonds is 8. The quantitative estimate of drug-likeness (QED) is 0.580. The van der Waals surface area contributed by atoms with E-state index in [0.29, 0.717) is 24.4 Å². The van der Waals surface area contributed by atoms with Crippen LogP contribution in [0.5, 0.6) is 0 Å². The van der Waals surface area contributed by atoms with Crippen LogP contribution in [-0.4, -0.2) is 55.7 Å². The maximum absolute atomic E-state index is 13.3. The van der Waals surface area contributed by atoms with Gasteiger partial charge in [-0.1, -0.05) is 42.5 Å². The summed E-state index contributed by atoms with van der Waals surface area (Å²) in [5.74, 6) is -0.365. The zero-order chi connectivity index (χ0) is 22.2. The van der Waals surface area contributed by atoms with Crippen molar-refractivity contribution in [3.63, 3.8) is 0 Å². The molecule has 3 rings (SSSR count). The number of hydrogen-bond acceptors (Lipinski definition) is 5. The second-order valence-corrected chi connectivity index (χ2v) is 8.42. The first-order chi connectivity index (χ1) is 15.0. The van der Waals surface area contributed by atoms with E-state index in [1.807, 2.05) is 54.6 Å². The van der Waals surface area contributed by atoms with Crippen molar-refractivity contribution in [3.8, 4) is 0 Å². The number of fused-ring (bicyclic) bond motifs is 1. The van der Waals surface area contributed by atoms with Gasteiger partial charge < -0.3 is 20.9 Å². The van der Waals surface area contributed by atoms with Gasteiger partial charge in [0.2, 0.25) is 11.8 Å². The zero-order valence-electron chi connectivity index (χ0n) is 17.8. The van der Waals surface area contributed by atoms with Gasteiger partial charge in [0.1, 0.15) is 12.6 Å². The van der Waals surface area contributed by atoms with E-state index in [-0.39, 0.29) is 24.3 Å². The van der Waals surface area contributed by atoms with Crippen LogP contribution in [0.3, 0.4) is 0 Å². The number of para-hydroxylation sites is 1. The lowest BCUT2D eigenvalue weighted by molar-refractivity contribution is -0.128. The number of anilines is 1. The minimum atomic E-state index is -0.710. The molecule has 0 aliphatic carbocycles. The Labute approximate surface area is 187 Å². The van der Waals surface area contributed by atoms with E-state index in [9.17, 15) is 14.4 Å². The van der Waals surface area contributed by atoms with Crippen LogP contribution in [-0.2, 0) is 20.8 Å². The van der Waals surface area contributed by atoms with Gasteiger partial charge in [0.15, 0.2) is 0 Å². The number of hydrogen-bond donors (Lipinski definition) is 3. The monoisotopic (exact) mass is 440 g/mol. The van der Waals surface area contributed by atoms with E-state index in [1.165, 1.54) is 16.7 Å². The molecule has 1 heterocycles. The van der Waals surface area contributed by atoms with Crippen LogP contribution in [0.15, 0.2) is 59.5 Å². The lowest BCUT2D eigenvalue weighted by Crippen LogP contribution is -2.54. The highest BCUT2D eigenvalue weighted by Gasteiger charge is 2.33. The first kappa shape index (κ1) is 22.8. The third-order valence-corrected chi connectivity index (χ3v) is 6.31. The SMILES string of the molecule is CN[C@@H](C)C(=O)N[C@@H]1CSc2ccccc2N(CC(=O)NCCc2ccccc2)C1=O. The standard InChI is InChI=1S/C23H28N4O3S/c1-16(24-2)22(29)26-18-15-31-20-11-7-6-10-19(20)27(23(18)30)14-21(28)25-13-12-17-8-4-3-5-9-17/h3-11,16,18,24H,12-15H2,1-2H3,(H,25,28)(H,26,29)/t16-,18+/m0/s1. The van der Waals surface area contributed by atoms with Crippen molar-refractivity contribution < 1.29 is 14.4 Å². The molecule has 0 aromatic heterocycles. The average Bonchev–Trinajstić information content (AvgIpc) is 2.91. The first-order valence-corrected chi connectivity index (χ1v) is 11.3. The summed E-state index contributed by atoms with van der Waals surface area (Å²) in [6.07, 6.45) is 0.716. The van der Waals surface area contributed by atoms with E-state index in [2.05, 4.69) is 16.0 Å². The summed E-state index contributed by atoms with van der Waals surface area (Å²) >= 11 is 1.50. The van der Waals surface area contributed by atoms with Crippen LogP contribution in [0.1, 0.15) is 12.5 Å². The predicted octanol–water partition coefficient (Wildman–Crippen LogP) is 1.58. The van der Waals surface area contributed by atoms with Crippen molar-refractivity contribution in [2.75, 3.05) is 30.8 Å². The molecule has 3 N–H and O–H groups in total. The van der Waals surface area contributed by atoms with Crippen molar-refractivity contribution >= 4 is 35.2 Å². The number of benzene rings is 2. The summed E-state index contributed by atoms with van der Waals surface area (Å²) < 4.78 is 0. The van der Waals surface area contributed by atoms with Gasteiger partial charge in [0.05, 0.1) is 11.7 Å². The van der Waals surface area contributed by atoms with Gasteiger partial charge in [0, 0.05) is 17.2 Å². The van der Waals surface area contributed by atoms with Crippen LogP contribution in [0.2, 0.25) is 0 Å². The molecule has 0 unspecified atom stereocenters. The van der Waals surface area contributed by atoms with Gasteiger partial charge >= 0.3 is 0 Å². The van der Waals surface area contributed by atoms with Crippen LogP contribution in [0, 0.1) is 0 Å². The Balaban J connectivity index is 1.69. The van der Waals surface area contributed by atoms with Gasteiger partial charge in [-0.3, -0.25) is 14.4 Å². The zero-order valence-corrected chi connectivity index (χ0v) is 18.6. The molecule has 31 heavy (non-hydrogen) atoms. The molecule has 0 saturated heterocycles.